The maximum Gasteiger partial charge on any atom is 0.196 e. The van der Waals surface area contributed by atoms with Crippen molar-refractivity contribution in [3.8, 4) is 11.3 Å². The van der Waals surface area contributed by atoms with Gasteiger partial charge in [0.15, 0.2) is 11.7 Å². The first-order chi connectivity index (χ1) is 8.70. The zero-order chi connectivity index (χ0) is 13.0. The minimum atomic E-state index is -0.282. The van der Waals surface area contributed by atoms with Gasteiger partial charge in [-0.2, -0.15) is 0 Å². The molecule has 1 aromatic heterocycles. The van der Waals surface area contributed by atoms with Crippen LogP contribution in [0.15, 0.2) is 28.8 Å². The summed E-state index contributed by atoms with van der Waals surface area (Å²) in [7, 11) is 0. The van der Waals surface area contributed by atoms with Gasteiger partial charge in [0, 0.05) is 13.0 Å². The van der Waals surface area contributed by atoms with E-state index in [1.54, 1.807) is 18.3 Å². The van der Waals surface area contributed by atoms with Crippen molar-refractivity contribution in [2.24, 2.45) is 0 Å². The Morgan fingerprint density at radius 2 is 2.22 bits per heavy atom. The summed E-state index contributed by atoms with van der Waals surface area (Å²) < 4.78 is 19.2. The fourth-order valence-corrected chi connectivity index (χ4v) is 1.75. The van der Waals surface area contributed by atoms with E-state index >= 15 is 0 Å². The smallest absolute Gasteiger partial charge is 0.196 e. The summed E-state index contributed by atoms with van der Waals surface area (Å²) in [5, 5.41) is 3.19. The summed E-state index contributed by atoms with van der Waals surface area (Å²) in [6, 6.07) is 4.96. The average molecular weight is 248 g/mol. The molecule has 18 heavy (non-hydrogen) atoms. The number of aromatic nitrogens is 1. The highest BCUT2D eigenvalue weighted by Crippen LogP contribution is 2.24. The second-order valence-corrected chi connectivity index (χ2v) is 4.21. The van der Waals surface area contributed by atoms with E-state index in [1.165, 1.54) is 6.07 Å². The minimum absolute atomic E-state index is 0.282. The van der Waals surface area contributed by atoms with Crippen LogP contribution in [0.2, 0.25) is 0 Å². The lowest BCUT2D eigenvalue weighted by molar-refractivity contribution is 0.494. The zero-order valence-electron chi connectivity index (χ0n) is 10.7. The predicted octanol–water partition coefficient (Wildman–Crippen LogP) is 2.94. The molecule has 0 saturated carbocycles. The van der Waals surface area contributed by atoms with Gasteiger partial charge in [-0.05, 0) is 25.6 Å². The number of oxazole rings is 1. The molecule has 0 saturated heterocycles. The first-order valence-corrected chi connectivity index (χ1v) is 6.12. The number of rotatable bonds is 5. The molecule has 0 aliphatic heterocycles. The monoisotopic (exact) mass is 248 g/mol. The molecule has 3 nitrogen and oxygen atoms in total. The normalized spacial score (nSPS) is 10.8. The molecule has 4 heteroatoms. The third-order valence-corrected chi connectivity index (χ3v) is 2.71. The Hall–Kier alpha value is -1.68. The van der Waals surface area contributed by atoms with E-state index in [2.05, 4.69) is 10.3 Å². The van der Waals surface area contributed by atoms with E-state index in [0.717, 1.165) is 18.7 Å². The molecular formula is C14H17FN2O. The summed E-state index contributed by atoms with van der Waals surface area (Å²) in [6.07, 6.45) is 2.29. The third kappa shape index (κ3) is 2.96. The SMILES string of the molecule is CCNCCc1ncc(-c2cc(C)ccc2F)o1. The average Bonchev–Trinajstić information content (AvgIpc) is 2.81. The Bertz CT molecular complexity index is 522. The number of hydrogen-bond acceptors (Lipinski definition) is 3. The summed E-state index contributed by atoms with van der Waals surface area (Å²) >= 11 is 0. The largest absolute Gasteiger partial charge is 0.441 e. The Balaban J connectivity index is 2.16. The highest BCUT2D eigenvalue weighted by molar-refractivity contribution is 5.58. The van der Waals surface area contributed by atoms with E-state index in [9.17, 15) is 4.39 Å². The molecule has 0 unspecified atom stereocenters. The van der Waals surface area contributed by atoms with Crippen LogP contribution in [0.25, 0.3) is 11.3 Å². The highest BCUT2D eigenvalue weighted by Gasteiger charge is 2.10. The first-order valence-electron chi connectivity index (χ1n) is 6.12. The standard InChI is InChI=1S/C14H17FN2O/c1-3-16-7-6-14-17-9-13(18-14)11-8-10(2)4-5-12(11)15/h4-5,8-9,16H,3,6-7H2,1-2H3. The Kier molecular flexibility index (Phi) is 4.10. The van der Waals surface area contributed by atoms with Gasteiger partial charge in [-0.15, -0.1) is 0 Å². The van der Waals surface area contributed by atoms with E-state index < -0.39 is 0 Å². The van der Waals surface area contributed by atoms with Crippen LogP contribution in [0.1, 0.15) is 18.4 Å². The van der Waals surface area contributed by atoms with Crippen molar-refractivity contribution in [2.45, 2.75) is 20.3 Å². The number of likely N-dealkylation sites (N-methyl/N-ethyl adjacent to an activating group) is 1. The molecule has 0 aliphatic rings. The van der Waals surface area contributed by atoms with Gasteiger partial charge in [0.05, 0.1) is 11.8 Å². The quantitative estimate of drug-likeness (QED) is 0.827. The number of halogens is 1. The molecule has 0 amide bonds. The summed E-state index contributed by atoms with van der Waals surface area (Å²) in [5.74, 6) is 0.838. The molecule has 0 radical (unpaired) electrons. The van der Waals surface area contributed by atoms with Gasteiger partial charge in [0.25, 0.3) is 0 Å². The molecular weight excluding hydrogens is 231 g/mol. The van der Waals surface area contributed by atoms with Gasteiger partial charge < -0.3 is 9.73 Å². The summed E-state index contributed by atoms with van der Waals surface area (Å²) in [4.78, 5) is 4.16. The van der Waals surface area contributed by atoms with Crippen LogP contribution in [0, 0.1) is 12.7 Å². The predicted molar refractivity (Wildman–Crippen MR) is 68.9 cm³/mol. The molecule has 0 aliphatic carbocycles. The van der Waals surface area contributed by atoms with Gasteiger partial charge >= 0.3 is 0 Å². The van der Waals surface area contributed by atoms with Crippen molar-refractivity contribution in [1.82, 2.24) is 10.3 Å². The van der Waals surface area contributed by atoms with Gasteiger partial charge in [-0.3, -0.25) is 0 Å². The fourth-order valence-electron chi connectivity index (χ4n) is 1.75. The Morgan fingerprint density at radius 3 is 3.00 bits per heavy atom. The molecule has 1 heterocycles. The first kappa shape index (κ1) is 12.8. The van der Waals surface area contributed by atoms with Crippen molar-refractivity contribution >= 4 is 0 Å². The van der Waals surface area contributed by atoms with Crippen molar-refractivity contribution in [2.75, 3.05) is 13.1 Å². The highest BCUT2D eigenvalue weighted by atomic mass is 19.1. The number of nitrogens with zero attached hydrogens (tertiary/aromatic N) is 1. The molecule has 0 fully saturated rings. The molecule has 0 bridgehead atoms. The molecule has 1 N–H and O–H groups in total. The van der Waals surface area contributed by atoms with Gasteiger partial charge in [0.2, 0.25) is 0 Å². The molecule has 96 valence electrons. The molecule has 1 aromatic carbocycles. The van der Waals surface area contributed by atoms with E-state index in [1.807, 2.05) is 13.8 Å². The molecule has 0 atom stereocenters. The van der Waals surface area contributed by atoms with Crippen LogP contribution >= 0.6 is 0 Å². The summed E-state index contributed by atoms with van der Waals surface area (Å²) in [6.45, 7) is 5.70. The maximum atomic E-state index is 13.7. The number of benzene rings is 1. The van der Waals surface area contributed by atoms with E-state index in [4.69, 9.17) is 4.42 Å². The topological polar surface area (TPSA) is 38.1 Å². The van der Waals surface area contributed by atoms with E-state index in [0.29, 0.717) is 23.6 Å². The van der Waals surface area contributed by atoms with E-state index in [-0.39, 0.29) is 5.82 Å². The molecule has 2 aromatic rings. The van der Waals surface area contributed by atoms with Crippen LogP contribution in [-0.4, -0.2) is 18.1 Å². The lowest BCUT2D eigenvalue weighted by Gasteiger charge is -2.00. The number of nitrogens with one attached hydrogen (secondary N) is 1. The van der Waals surface area contributed by atoms with Crippen molar-refractivity contribution in [1.29, 1.82) is 0 Å². The van der Waals surface area contributed by atoms with Crippen LogP contribution in [0.3, 0.4) is 0 Å². The van der Waals surface area contributed by atoms with Crippen LogP contribution in [0.4, 0.5) is 4.39 Å². The molecule has 0 spiro atoms. The lowest BCUT2D eigenvalue weighted by Crippen LogP contribution is -2.16. The second-order valence-electron chi connectivity index (χ2n) is 4.21. The fraction of sp³-hybridized carbons (Fsp3) is 0.357. The van der Waals surface area contributed by atoms with Crippen molar-refractivity contribution in [3.63, 3.8) is 0 Å². The maximum absolute atomic E-state index is 13.7. The van der Waals surface area contributed by atoms with Crippen molar-refractivity contribution in [3.05, 3.63) is 41.7 Å². The number of hydrogen-bond donors (Lipinski definition) is 1. The summed E-state index contributed by atoms with van der Waals surface area (Å²) in [5.41, 5.74) is 1.47. The zero-order valence-corrected chi connectivity index (χ0v) is 10.7. The van der Waals surface area contributed by atoms with Crippen molar-refractivity contribution < 1.29 is 8.81 Å². The van der Waals surface area contributed by atoms with Crippen LogP contribution < -0.4 is 5.32 Å². The van der Waals surface area contributed by atoms with Gasteiger partial charge in [-0.1, -0.05) is 18.6 Å². The Labute approximate surface area is 106 Å². The lowest BCUT2D eigenvalue weighted by atomic mass is 10.1. The number of aryl methyl sites for hydroxylation is 1. The second kappa shape index (κ2) is 5.78. The minimum Gasteiger partial charge on any atom is -0.441 e. The third-order valence-electron chi connectivity index (χ3n) is 2.71. The Morgan fingerprint density at radius 1 is 1.39 bits per heavy atom. The molecule has 2 rings (SSSR count). The van der Waals surface area contributed by atoms with Crippen LogP contribution in [0.5, 0.6) is 0 Å². The van der Waals surface area contributed by atoms with Gasteiger partial charge in [0.1, 0.15) is 5.82 Å². The van der Waals surface area contributed by atoms with Gasteiger partial charge in [-0.25, -0.2) is 9.37 Å². The van der Waals surface area contributed by atoms with Crippen LogP contribution in [-0.2, 0) is 6.42 Å².